The number of halogens is 1. The molecule has 3 aromatic rings. The molecular formula is C20H24FN5O2. The van der Waals surface area contributed by atoms with E-state index in [-0.39, 0.29) is 18.0 Å². The molecule has 1 amide bonds. The molecule has 2 heterocycles. The van der Waals surface area contributed by atoms with E-state index in [1.54, 1.807) is 16.9 Å². The van der Waals surface area contributed by atoms with Gasteiger partial charge in [-0.1, -0.05) is 19.9 Å². The maximum absolute atomic E-state index is 13.3. The molecule has 0 aliphatic rings. The summed E-state index contributed by atoms with van der Waals surface area (Å²) in [6, 6.07) is 5.58. The number of nitrogens with zero attached hydrogens (tertiary/aromatic N) is 4. The minimum absolute atomic E-state index is 0.0400. The van der Waals surface area contributed by atoms with Gasteiger partial charge in [0, 0.05) is 11.1 Å². The number of aromatic nitrogens is 4. The Morgan fingerprint density at radius 1 is 1.29 bits per heavy atom. The number of hydrogen-bond acceptors (Lipinski definition) is 4. The Morgan fingerprint density at radius 3 is 2.61 bits per heavy atom. The highest BCUT2D eigenvalue weighted by Crippen LogP contribution is 2.24. The van der Waals surface area contributed by atoms with Gasteiger partial charge in [0.05, 0.1) is 17.4 Å². The highest BCUT2D eigenvalue weighted by Gasteiger charge is 2.24. The molecule has 3 rings (SSSR count). The second kappa shape index (κ2) is 7.18. The fourth-order valence-electron chi connectivity index (χ4n) is 3.04. The summed E-state index contributed by atoms with van der Waals surface area (Å²) in [7, 11) is 0. The molecule has 0 aliphatic carbocycles. The van der Waals surface area contributed by atoms with Crippen LogP contribution < -0.4 is 10.9 Å². The zero-order valence-corrected chi connectivity index (χ0v) is 16.7. The molecule has 0 radical (unpaired) electrons. The summed E-state index contributed by atoms with van der Waals surface area (Å²) >= 11 is 0. The van der Waals surface area contributed by atoms with Crippen LogP contribution in [0.5, 0.6) is 0 Å². The molecule has 0 saturated heterocycles. The van der Waals surface area contributed by atoms with E-state index < -0.39 is 17.3 Å². The predicted octanol–water partition coefficient (Wildman–Crippen LogP) is 3.25. The van der Waals surface area contributed by atoms with Crippen LogP contribution in [0.3, 0.4) is 0 Å². The average molecular weight is 385 g/mol. The van der Waals surface area contributed by atoms with E-state index >= 15 is 0 Å². The molecule has 28 heavy (non-hydrogen) atoms. The molecule has 8 heteroatoms. The highest BCUT2D eigenvalue weighted by molar-refractivity contribution is 5.90. The molecule has 0 spiro atoms. The summed E-state index contributed by atoms with van der Waals surface area (Å²) in [6.45, 7) is 9.52. The Kier molecular flexibility index (Phi) is 5.06. The van der Waals surface area contributed by atoms with Crippen molar-refractivity contribution in [3.8, 4) is 0 Å². The Morgan fingerprint density at radius 2 is 2.00 bits per heavy atom. The summed E-state index contributed by atoms with van der Waals surface area (Å²) in [5.41, 5.74) is 0.649. The van der Waals surface area contributed by atoms with E-state index in [9.17, 15) is 14.0 Å². The van der Waals surface area contributed by atoms with Gasteiger partial charge in [0.1, 0.15) is 17.9 Å². The first kappa shape index (κ1) is 19.7. The van der Waals surface area contributed by atoms with Crippen molar-refractivity contribution in [2.75, 3.05) is 5.32 Å². The average Bonchev–Trinajstić information content (AvgIpc) is 3.02. The van der Waals surface area contributed by atoms with Gasteiger partial charge in [-0.15, -0.1) is 0 Å². The molecule has 0 saturated carbocycles. The molecule has 0 bridgehead atoms. The quantitative estimate of drug-likeness (QED) is 0.747. The lowest BCUT2D eigenvalue weighted by molar-refractivity contribution is -0.117. The topological polar surface area (TPSA) is 81.8 Å². The van der Waals surface area contributed by atoms with Crippen LogP contribution in [0.15, 0.2) is 35.3 Å². The Bertz CT molecular complexity index is 1090. The van der Waals surface area contributed by atoms with Gasteiger partial charge in [0.2, 0.25) is 5.91 Å². The fraction of sp³-hybridized carbons (Fsp3) is 0.400. The first-order valence-electron chi connectivity index (χ1n) is 9.12. The highest BCUT2D eigenvalue weighted by atomic mass is 19.1. The van der Waals surface area contributed by atoms with Crippen molar-refractivity contribution in [3.05, 3.63) is 52.3 Å². The molecule has 148 valence electrons. The van der Waals surface area contributed by atoms with Crippen molar-refractivity contribution in [1.82, 2.24) is 19.6 Å². The van der Waals surface area contributed by atoms with Crippen molar-refractivity contribution in [3.63, 3.8) is 0 Å². The van der Waals surface area contributed by atoms with Gasteiger partial charge in [0.25, 0.3) is 5.56 Å². The second-order valence-electron chi connectivity index (χ2n) is 8.05. The zero-order chi connectivity index (χ0) is 20.6. The van der Waals surface area contributed by atoms with Crippen molar-refractivity contribution in [2.45, 2.75) is 52.6 Å². The molecule has 7 nitrogen and oxygen atoms in total. The number of carbonyl (C=O) groups is 1. The third-order valence-corrected chi connectivity index (χ3v) is 4.29. The molecule has 0 fully saturated rings. The Hall–Kier alpha value is -3.03. The normalized spacial score (nSPS) is 12.0. The Balaban J connectivity index is 2.04. The van der Waals surface area contributed by atoms with Gasteiger partial charge in [-0.3, -0.25) is 14.3 Å². The maximum Gasteiger partial charge on any atom is 0.293 e. The van der Waals surface area contributed by atoms with Crippen LogP contribution in [-0.4, -0.2) is 25.5 Å². The summed E-state index contributed by atoms with van der Waals surface area (Å²) in [5, 5.41) is 12.1. The number of hydrogen-bond donors (Lipinski definition) is 1. The summed E-state index contributed by atoms with van der Waals surface area (Å²) in [6.07, 6.45) is 1.65. The second-order valence-corrected chi connectivity index (χ2v) is 8.05. The van der Waals surface area contributed by atoms with E-state index in [1.165, 1.54) is 18.2 Å². The van der Waals surface area contributed by atoms with Gasteiger partial charge in [0.15, 0.2) is 0 Å². The number of amides is 1. The molecular weight excluding hydrogens is 361 g/mol. The molecule has 1 aromatic carbocycles. The van der Waals surface area contributed by atoms with Crippen LogP contribution in [0.1, 0.15) is 46.2 Å². The van der Waals surface area contributed by atoms with Crippen LogP contribution >= 0.6 is 0 Å². The third kappa shape index (κ3) is 3.81. The van der Waals surface area contributed by atoms with Gasteiger partial charge in [-0.25, -0.2) is 9.07 Å². The number of benzene rings is 1. The number of carbonyl (C=O) groups excluding carboxylic acids is 1. The molecule has 0 unspecified atom stereocenters. The SMILES string of the molecule is CC(C)c1nn(CC(=O)Nc2cccc(F)c2)c(=O)c2c1cnn2C(C)(C)C. The smallest absolute Gasteiger partial charge is 0.293 e. The lowest BCUT2D eigenvalue weighted by atomic mass is 10.1. The van der Waals surface area contributed by atoms with Gasteiger partial charge >= 0.3 is 0 Å². The van der Waals surface area contributed by atoms with E-state index in [2.05, 4.69) is 15.5 Å². The van der Waals surface area contributed by atoms with E-state index in [0.29, 0.717) is 22.3 Å². The third-order valence-electron chi connectivity index (χ3n) is 4.29. The van der Waals surface area contributed by atoms with Crippen LogP contribution in [0.4, 0.5) is 10.1 Å². The minimum atomic E-state index is -0.462. The zero-order valence-electron chi connectivity index (χ0n) is 16.7. The first-order valence-corrected chi connectivity index (χ1v) is 9.12. The van der Waals surface area contributed by atoms with E-state index in [1.807, 2.05) is 34.6 Å². The van der Waals surface area contributed by atoms with Crippen LogP contribution in [0.25, 0.3) is 10.9 Å². The van der Waals surface area contributed by atoms with Crippen molar-refractivity contribution < 1.29 is 9.18 Å². The summed E-state index contributed by atoms with van der Waals surface area (Å²) in [4.78, 5) is 25.5. The number of nitrogens with one attached hydrogen (secondary N) is 1. The predicted molar refractivity (Wildman–Crippen MR) is 106 cm³/mol. The molecule has 0 atom stereocenters. The Labute approximate surface area is 162 Å². The number of rotatable bonds is 4. The number of fused-ring (bicyclic) bond motifs is 1. The van der Waals surface area contributed by atoms with Crippen LogP contribution in [0.2, 0.25) is 0 Å². The minimum Gasteiger partial charge on any atom is -0.324 e. The van der Waals surface area contributed by atoms with Gasteiger partial charge < -0.3 is 5.32 Å². The molecule has 2 aromatic heterocycles. The maximum atomic E-state index is 13.3. The standard InChI is InChI=1S/C20H24FN5O2/c1-12(2)17-15-10-22-26(20(3,4)5)18(15)19(28)25(24-17)11-16(27)23-14-8-6-7-13(21)9-14/h6-10,12H,11H2,1-5H3,(H,23,27). The number of anilines is 1. The van der Waals surface area contributed by atoms with Crippen LogP contribution in [-0.2, 0) is 16.9 Å². The lowest BCUT2D eigenvalue weighted by Crippen LogP contribution is -2.34. The van der Waals surface area contributed by atoms with Crippen molar-refractivity contribution >= 4 is 22.5 Å². The summed E-state index contributed by atoms with van der Waals surface area (Å²) < 4.78 is 16.1. The van der Waals surface area contributed by atoms with Crippen molar-refractivity contribution in [1.29, 1.82) is 0 Å². The van der Waals surface area contributed by atoms with Gasteiger partial charge in [-0.2, -0.15) is 10.2 Å². The molecule has 1 N–H and O–H groups in total. The fourth-order valence-corrected chi connectivity index (χ4v) is 3.04. The lowest BCUT2D eigenvalue weighted by Gasteiger charge is -2.21. The first-order chi connectivity index (χ1) is 13.1. The van der Waals surface area contributed by atoms with E-state index in [4.69, 9.17) is 0 Å². The van der Waals surface area contributed by atoms with Crippen molar-refractivity contribution in [2.24, 2.45) is 0 Å². The van der Waals surface area contributed by atoms with E-state index in [0.717, 1.165) is 4.68 Å². The van der Waals surface area contributed by atoms with Gasteiger partial charge in [-0.05, 0) is 44.9 Å². The molecule has 0 aliphatic heterocycles. The van der Waals surface area contributed by atoms with Crippen LogP contribution in [0, 0.1) is 5.82 Å². The largest absolute Gasteiger partial charge is 0.324 e. The monoisotopic (exact) mass is 385 g/mol. The summed E-state index contributed by atoms with van der Waals surface area (Å²) in [5.74, 6) is -0.875.